The first kappa shape index (κ1) is 14.1. The molecule has 0 heterocycles. The van der Waals surface area contributed by atoms with Crippen LogP contribution < -0.4 is 10.1 Å². The lowest BCUT2D eigenvalue weighted by Crippen LogP contribution is -2.22. The molecular weight excluding hydrogens is 250 g/mol. The lowest BCUT2D eigenvalue weighted by molar-refractivity contribution is -0.118. The molecule has 0 atom stereocenters. The molecule has 0 fully saturated rings. The van der Waals surface area contributed by atoms with E-state index >= 15 is 0 Å². The molecule has 0 radical (unpaired) electrons. The highest BCUT2D eigenvalue weighted by molar-refractivity contribution is 5.87. The van der Waals surface area contributed by atoms with E-state index in [1.807, 2.05) is 18.2 Å². The van der Waals surface area contributed by atoms with Crippen LogP contribution in [0.2, 0.25) is 0 Å². The van der Waals surface area contributed by atoms with Crippen molar-refractivity contribution in [2.45, 2.75) is 13.3 Å². The van der Waals surface area contributed by atoms with Crippen LogP contribution in [-0.4, -0.2) is 19.1 Å². The van der Waals surface area contributed by atoms with Crippen molar-refractivity contribution in [2.75, 3.05) is 13.2 Å². The first-order valence-electron chi connectivity index (χ1n) is 6.70. The van der Waals surface area contributed by atoms with Crippen molar-refractivity contribution < 1.29 is 9.53 Å². The highest BCUT2D eigenvalue weighted by Crippen LogP contribution is 2.24. The highest BCUT2D eigenvalue weighted by atomic mass is 16.5. The molecule has 3 nitrogen and oxygen atoms in total. The van der Waals surface area contributed by atoms with Gasteiger partial charge in [0.25, 0.3) is 0 Å². The fraction of sp³-hybridized carbons (Fsp3) is 0.235. The summed E-state index contributed by atoms with van der Waals surface area (Å²) in [4.78, 5) is 10.9. The van der Waals surface area contributed by atoms with E-state index in [0.29, 0.717) is 13.2 Å². The average Bonchev–Trinajstić information content (AvgIpc) is 2.45. The van der Waals surface area contributed by atoms with Gasteiger partial charge in [-0.05, 0) is 34.9 Å². The summed E-state index contributed by atoms with van der Waals surface area (Å²) in [6.07, 6.45) is 2.54. The van der Waals surface area contributed by atoms with Crippen LogP contribution in [0.4, 0.5) is 0 Å². The topological polar surface area (TPSA) is 38.3 Å². The number of nitrogens with one attached hydrogen (secondary N) is 1. The molecule has 0 aliphatic rings. The Bertz CT molecular complexity index is 619. The van der Waals surface area contributed by atoms with Crippen molar-refractivity contribution in [2.24, 2.45) is 0 Å². The molecule has 0 aliphatic heterocycles. The van der Waals surface area contributed by atoms with Gasteiger partial charge in [-0.1, -0.05) is 36.9 Å². The molecule has 0 saturated heterocycles. The van der Waals surface area contributed by atoms with Gasteiger partial charge < -0.3 is 10.1 Å². The number of ether oxygens (including phenoxy) is 1. The third kappa shape index (κ3) is 3.60. The van der Waals surface area contributed by atoms with Gasteiger partial charge in [-0.3, -0.25) is 4.79 Å². The van der Waals surface area contributed by atoms with Crippen LogP contribution in [0.25, 0.3) is 10.8 Å². The molecule has 20 heavy (non-hydrogen) atoms. The van der Waals surface area contributed by atoms with Crippen LogP contribution in [0, 0.1) is 0 Å². The highest BCUT2D eigenvalue weighted by Gasteiger charge is 2.03. The predicted octanol–water partition coefficient (Wildman–Crippen LogP) is 3.08. The number of hydrogen-bond acceptors (Lipinski definition) is 2. The van der Waals surface area contributed by atoms with E-state index in [0.717, 1.165) is 12.2 Å². The Morgan fingerprint density at radius 2 is 2.20 bits per heavy atom. The summed E-state index contributed by atoms with van der Waals surface area (Å²) in [5, 5.41) is 5.17. The van der Waals surface area contributed by atoms with E-state index in [9.17, 15) is 4.79 Å². The molecule has 0 aliphatic carbocycles. The summed E-state index contributed by atoms with van der Waals surface area (Å²) in [6, 6.07) is 12.3. The molecule has 0 saturated carbocycles. The summed E-state index contributed by atoms with van der Waals surface area (Å²) in [5.74, 6) is 0.838. The minimum atomic E-state index is 0.000224. The second-order valence-electron chi connectivity index (χ2n) is 4.63. The first-order chi connectivity index (χ1) is 9.70. The number of carbonyl (C=O) groups excluding carboxylic acids is 1. The number of benzene rings is 2. The van der Waals surface area contributed by atoms with Gasteiger partial charge >= 0.3 is 0 Å². The Morgan fingerprint density at radius 1 is 1.35 bits per heavy atom. The van der Waals surface area contributed by atoms with Gasteiger partial charge in [0.2, 0.25) is 5.91 Å². The van der Waals surface area contributed by atoms with E-state index < -0.39 is 0 Å². The summed E-state index contributed by atoms with van der Waals surface area (Å²) in [5.41, 5.74) is 1.21. The van der Waals surface area contributed by atoms with Crippen LogP contribution in [-0.2, 0) is 11.2 Å². The summed E-state index contributed by atoms with van der Waals surface area (Å²) in [7, 11) is 0. The molecule has 2 aromatic rings. The van der Waals surface area contributed by atoms with Crippen molar-refractivity contribution in [1.82, 2.24) is 5.32 Å². The maximum Gasteiger partial charge on any atom is 0.216 e. The predicted molar refractivity (Wildman–Crippen MR) is 82.0 cm³/mol. The van der Waals surface area contributed by atoms with Crippen molar-refractivity contribution in [3.8, 4) is 5.75 Å². The average molecular weight is 269 g/mol. The fourth-order valence-corrected chi connectivity index (χ4v) is 2.15. The molecular formula is C17H19NO2. The van der Waals surface area contributed by atoms with Gasteiger partial charge in [-0.25, -0.2) is 0 Å². The van der Waals surface area contributed by atoms with Crippen molar-refractivity contribution in [3.05, 3.63) is 54.6 Å². The maximum atomic E-state index is 10.9. The van der Waals surface area contributed by atoms with Crippen LogP contribution >= 0.6 is 0 Å². The second-order valence-corrected chi connectivity index (χ2v) is 4.63. The molecule has 2 aromatic carbocycles. The SMILES string of the molecule is C=CCOc1ccc2cccc(CCNC(C)=O)c2c1. The molecule has 0 spiro atoms. The van der Waals surface area contributed by atoms with Gasteiger partial charge in [0.1, 0.15) is 12.4 Å². The van der Waals surface area contributed by atoms with E-state index in [2.05, 4.69) is 30.1 Å². The molecule has 0 bridgehead atoms. The first-order valence-corrected chi connectivity index (χ1v) is 6.70. The Hall–Kier alpha value is -2.29. The standard InChI is InChI=1S/C17H19NO2/c1-3-11-20-16-8-7-14-5-4-6-15(17(14)12-16)9-10-18-13(2)19/h3-8,12H,1,9-11H2,2H3,(H,18,19). The van der Waals surface area contributed by atoms with E-state index in [4.69, 9.17) is 4.74 Å². The number of fused-ring (bicyclic) bond motifs is 1. The van der Waals surface area contributed by atoms with Crippen LogP contribution in [0.1, 0.15) is 12.5 Å². The third-order valence-electron chi connectivity index (χ3n) is 3.08. The van der Waals surface area contributed by atoms with Crippen LogP contribution in [0.15, 0.2) is 49.1 Å². The molecule has 3 heteroatoms. The lowest BCUT2D eigenvalue weighted by atomic mass is 10.0. The molecule has 1 amide bonds. The zero-order chi connectivity index (χ0) is 14.4. The normalized spacial score (nSPS) is 10.2. The number of hydrogen-bond donors (Lipinski definition) is 1. The van der Waals surface area contributed by atoms with Gasteiger partial charge in [0, 0.05) is 13.5 Å². The van der Waals surface area contributed by atoms with Gasteiger partial charge in [0.15, 0.2) is 0 Å². The number of carbonyl (C=O) groups is 1. The maximum absolute atomic E-state index is 10.9. The largest absolute Gasteiger partial charge is 0.490 e. The Balaban J connectivity index is 2.23. The Morgan fingerprint density at radius 3 is 2.95 bits per heavy atom. The van der Waals surface area contributed by atoms with E-state index in [1.165, 1.54) is 23.3 Å². The van der Waals surface area contributed by atoms with Gasteiger partial charge in [-0.15, -0.1) is 0 Å². The quantitative estimate of drug-likeness (QED) is 0.818. The van der Waals surface area contributed by atoms with Crippen molar-refractivity contribution >= 4 is 16.7 Å². The molecule has 0 aromatic heterocycles. The summed E-state index contributed by atoms with van der Waals surface area (Å²) < 4.78 is 5.57. The van der Waals surface area contributed by atoms with Gasteiger partial charge in [0.05, 0.1) is 0 Å². The van der Waals surface area contributed by atoms with Crippen molar-refractivity contribution in [1.29, 1.82) is 0 Å². The van der Waals surface area contributed by atoms with Crippen LogP contribution in [0.5, 0.6) is 5.75 Å². The number of amides is 1. The zero-order valence-electron chi connectivity index (χ0n) is 11.7. The minimum Gasteiger partial charge on any atom is -0.490 e. The molecule has 2 rings (SSSR count). The lowest BCUT2D eigenvalue weighted by Gasteiger charge is -2.09. The number of rotatable bonds is 6. The molecule has 0 unspecified atom stereocenters. The fourth-order valence-electron chi connectivity index (χ4n) is 2.15. The molecule has 1 N–H and O–H groups in total. The van der Waals surface area contributed by atoms with Gasteiger partial charge in [-0.2, -0.15) is 0 Å². The van der Waals surface area contributed by atoms with Crippen molar-refractivity contribution in [3.63, 3.8) is 0 Å². The Labute approximate surface area is 119 Å². The second kappa shape index (κ2) is 6.75. The van der Waals surface area contributed by atoms with Crippen LogP contribution in [0.3, 0.4) is 0 Å². The van der Waals surface area contributed by atoms with E-state index in [1.54, 1.807) is 6.08 Å². The zero-order valence-corrected chi connectivity index (χ0v) is 11.7. The van der Waals surface area contributed by atoms with E-state index in [-0.39, 0.29) is 5.91 Å². The summed E-state index contributed by atoms with van der Waals surface area (Å²) in [6.45, 7) is 6.32. The Kier molecular flexibility index (Phi) is 4.77. The monoisotopic (exact) mass is 269 g/mol. The molecule has 104 valence electrons. The smallest absolute Gasteiger partial charge is 0.216 e. The summed E-state index contributed by atoms with van der Waals surface area (Å²) >= 11 is 0. The minimum absolute atomic E-state index is 0.000224. The third-order valence-corrected chi connectivity index (χ3v) is 3.08.